The third kappa shape index (κ3) is 3.14. The molecule has 4 N–H and O–H groups in total. The molecule has 2 atom stereocenters. The molecule has 1 aliphatic rings. The summed E-state index contributed by atoms with van der Waals surface area (Å²) in [6.07, 6.45) is 1.36. The van der Waals surface area contributed by atoms with Gasteiger partial charge >= 0.3 is 0 Å². The third-order valence-corrected chi connectivity index (χ3v) is 3.68. The van der Waals surface area contributed by atoms with E-state index in [2.05, 4.69) is 6.07 Å². The zero-order chi connectivity index (χ0) is 10.6. The summed E-state index contributed by atoms with van der Waals surface area (Å²) >= 11 is 1.43. The van der Waals surface area contributed by atoms with Crippen LogP contribution in [0.2, 0.25) is 0 Å². The molecule has 2 unspecified atom stereocenters. The Morgan fingerprint density at radius 3 is 2.71 bits per heavy atom. The molecule has 0 radical (unpaired) electrons. The first-order valence-corrected chi connectivity index (χ1v) is 5.84. The summed E-state index contributed by atoms with van der Waals surface area (Å²) in [6, 6.07) is 2.14. The van der Waals surface area contributed by atoms with Gasteiger partial charge in [-0.05, 0) is 18.8 Å². The van der Waals surface area contributed by atoms with Crippen LogP contribution in [0.25, 0.3) is 0 Å². The van der Waals surface area contributed by atoms with Gasteiger partial charge in [-0.2, -0.15) is 17.0 Å². The molecule has 1 aliphatic carbocycles. The Kier molecular flexibility index (Phi) is 4.20. The van der Waals surface area contributed by atoms with Crippen LogP contribution < -0.4 is 5.73 Å². The molecule has 0 aromatic heterocycles. The van der Waals surface area contributed by atoms with Gasteiger partial charge in [-0.25, -0.2) is 0 Å². The van der Waals surface area contributed by atoms with E-state index >= 15 is 0 Å². The maximum atomic E-state index is 9.09. The second-order valence-electron chi connectivity index (χ2n) is 3.78. The van der Waals surface area contributed by atoms with Crippen LogP contribution in [0, 0.1) is 17.2 Å². The Labute approximate surface area is 88.1 Å². The lowest BCUT2D eigenvalue weighted by atomic mass is 10.00. The molecule has 0 saturated heterocycles. The Morgan fingerprint density at radius 1 is 1.64 bits per heavy atom. The van der Waals surface area contributed by atoms with Crippen LogP contribution in [0.15, 0.2) is 0 Å². The van der Waals surface area contributed by atoms with E-state index in [1.165, 1.54) is 11.8 Å². The molecule has 0 spiro atoms. The quantitative estimate of drug-likeness (QED) is 0.567. The number of hydrogen-bond acceptors (Lipinski definition) is 5. The van der Waals surface area contributed by atoms with Crippen LogP contribution in [-0.4, -0.2) is 40.0 Å². The fourth-order valence-electron chi connectivity index (χ4n) is 1.26. The number of thioether (sulfide) groups is 1. The fraction of sp³-hybridized carbons (Fsp3) is 0.889. The van der Waals surface area contributed by atoms with Gasteiger partial charge in [0, 0.05) is 11.5 Å². The minimum Gasteiger partial charge on any atom is -0.394 e. The van der Waals surface area contributed by atoms with E-state index in [1.807, 2.05) is 0 Å². The lowest BCUT2D eigenvalue weighted by molar-refractivity contribution is 0.113. The van der Waals surface area contributed by atoms with Gasteiger partial charge < -0.3 is 15.9 Å². The molecule has 14 heavy (non-hydrogen) atoms. The average molecular weight is 216 g/mol. The molecule has 0 amide bonds. The van der Waals surface area contributed by atoms with Gasteiger partial charge in [0.1, 0.15) is 5.54 Å². The highest BCUT2D eigenvalue weighted by atomic mass is 32.2. The van der Waals surface area contributed by atoms with Crippen LogP contribution >= 0.6 is 11.8 Å². The number of nitrogens with two attached hydrogens (primary N) is 1. The summed E-state index contributed by atoms with van der Waals surface area (Å²) in [6.45, 7) is -0.236. The summed E-state index contributed by atoms with van der Waals surface area (Å²) in [5.74, 6) is 1.29. The fourth-order valence-corrected chi connectivity index (χ4v) is 2.39. The first kappa shape index (κ1) is 11.8. The lowest BCUT2D eigenvalue weighted by Crippen LogP contribution is -2.43. The summed E-state index contributed by atoms with van der Waals surface area (Å²) in [5, 5.41) is 26.6. The van der Waals surface area contributed by atoms with Crippen LogP contribution in [0.3, 0.4) is 0 Å². The van der Waals surface area contributed by atoms with Crippen LogP contribution in [-0.2, 0) is 0 Å². The van der Waals surface area contributed by atoms with Gasteiger partial charge in [0.25, 0.3) is 0 Å². The Hall–Kier alpha value is -0.280. The SMILES string of the molecule is N#CC(N)(CSCC(O)CO)C1CC1. The smallest absolute Gasteiger partial charge is 0.116 e. The molecular formula is C9H16N2O2S. The minimum absolute atomic E-state index is 0.236. The second-order valence-corrected chi connectivity index (χ2v) is 4.81. The minimum atomic E-state index is -0.736. The molecule has 1 saturated carbocycles. The lowest BCUT2D eigenvalue weighted by Gasteiger charge is -2.20. The Balaban J connectivity index is 2.25. The zero-order valence-corrected chi connectivity index (χ0v) is 8.83. The number of rotatable bonds is 6. The van der Waals surface area contributed by atoms with Crippen molar-refractivity contribution < 1.29 is 10.2 Å². The molecule has 0 aromatic rings. The van der Waals surface area contributed by atoms with Crippen molar-refractivity contribution in [3.63, 3.8) is 0 Å². The number of aliphatic hydroxyl groups excluding tert-OH is 2. The van der Waals surface area contributed by atoms with Gasteiger partial charge in [-0.1, -0.05) is 0 Å². The molecule has 0 heterocycles. The normalized spacial score (nSPS) is 22.4. The van der Waals surface area contributed by atoms with Crippen molar-refractivity contribution in [2.75, 3.05) is 18.1 Å². The topological polar surface area (TPSA) is 90.3 Å². The van der Waals surface area contributed by atoms with E-state index in [-0.39, 0.29) is 6.61 Å². The third-order valence-electron chi connectivity index (χ3n) is 2.38. The van der Waals surface area contributed by atoms with Crippen molar-refractivity contribution in [1.82, 2.24) is 0 Å². The molecule has 1 rings (SSSR count). The van der Waals surface area contributed by atoms with E-state index in [0.717, 1.165) is 12.8 Å². The molecular weight excluding hydrogens is 200 g/mol. The first-order chi connectivity index (χ1) is 6.62. The molecule has 1 fully saturated rings. The molecule has 5 heteroatoms. The number of hydrogen-bond donors (Lipinski definition) is 3. The summed E-state index contributed by atoms with van der Waals surface area (Å²) in [5.41, 5.74) is 5.17. The molecule has 80 valence electrons. The van der Waals surface area contributed by atoms with E-state index in [4.69, 9.17) is 21.2 Å². The van der Waals surface area contributed by atoms with Crippen LogP contribution in [0.4, 0.5) is 0 Å². The maximum absolute atomic E-state index is 9.09. The van der Waals surface area contributed by atoms with E-state index < -0.39 is 11.6 Å². The van der Waals surface area contributed by atoms with Gasteiger partial charge in [0.15, 0.2) is 0 Å². The Morgan fingerprint density at radius 2 is 2.29 bits per heavy atom. The number of aliphatic hydroxyl groups is 2. The van der Waals surface area contributed by atoms with Crippen molar-refractivity contribution in [2.24, 2.45) is 11.7 Å². The molecule has 0 aliphatic heterocycles. The molecule has 0 aromatic carbocycles. The van der Waals surface area contributed by atoms with Crippen LogP contribution in [0.5, 0.6) is 0 Å². The highest BCUT2D eigenvalue weighted by molar-refractivity contribution is 7.99. The molecule has 0 bridgehead atoms. The zero-order valence-electron chi connectivity index (χ0n) is 8.02. The maximum Gasteiger partial charge on any atom is 0.116 e. The summed E-state index contributed by atoms with van der Waals surface area (Å²) in [7, 11) is 0. The van der Waals surface area contributed by atoms with E-state index in [0.29, 0.717) is 17.4 Å². The van der Waals surface area contributed by atoms with Gasteiger partial charge in [0.05, 0.1) is 18.8 Å². The summed E-state index contributed by atoms with van der Waals surface area (Å²) in [4.78, 5) is 0. The largest absolute Gasteiger partial charge is 0.394 e. The summed E-state index contributed by atoms with van der Waals surface area (Å²) < 4.78 is 0. The van der Waals surface area contributed by atoms with Gasteiger partial charge in [-0.3, -0.25) is 0 Å². The number of nitriles is 1. The predicted molar refractivity (Wildman–Crippen MR) is 55.7 cm³/mol. The van der Waals surface area contributed by atoms with Gasteiger partial charge in [0.2, 0.25) is 0 Å². The predicted octanol–water partition coefficient (Wildman–Crippen LogP) is -0.296. The highest BCUT2D eigenvalue weighted by Crippen LogP contribution is 2.39. The monoisotopic (exact) mass is 216 g/mol. The van der Waals surface area contributed by atoms with Crippen molar-refractivity contribution in [3.05, 3.63) is 0 Å². The molecule has 4 nitrogen and oxygen atoms in total. The van der Waals surface area contributed by atoms with Crippen molar-refractivity contribution >= 4 is 11.8 Å². The average Bonchev–Trinajstić information content (AvgIpc) is 3.00. The van der Waals surface area contributed by atoms with E-state index in [9.17, 15) is 0 Å². The van der Waals surface area contributed by atoms with Gasteiger partial charge in [-0.15, -0.1) is 0 Å². The number of nitrogens with zero attached hydrogens (tertiary/aromatic N) is 1. The van der Waals surface area contributed by atoms with Crippen molar-refractivity contribution in [3.8, 4) is 6.07 Å². The second kappa shape index (κ2) is 4.99. The standard InChI is InChI=1S/C9H16N2O2S/c10-5-9(11,7-1-2-7)6-14-4-8(13)3-12/h7-8,12-13H,1-4,6,11H2. The highest BCUT2D eigenvalue weighted by Gasteiger charge is 2.42. The first-order valence-electron chi connectivity index (χ1n) is 4.69. The van der Waals surface area contributed by atoms with Crippen molar-refractivity contribution in [1.29, 1.82) is 5.26 Å². The van der Waals surface area contributed by atoms with E-state index in [1.54, 1.807) is 0 Å². The van der Waals surface area contributed by atoms with Crippen molar-refractivity contribution in [2.45, 2.75) is 24.5 Å². The van der Waals surface area contributed by atoms with Crippen LogP contribution in [0.1, 0.15) is 12.8 Å². The Bertz CT molecular complexity index is 227.